The van der Waals surface area contributed by atoms with Crippen LogP contribution in [-0.4, -0.2) is 62.9 Å². The summed E-state index contributed by atoms with van der Waals surface area (Å²) in [5, 5.41) is 8.51. The zero-order valence-electron chi connectivity index (χ0n) is 13.2. The molecule has 1 atom stereocenters. The number of benzene rings is 1. The van der Waals surface area contributed by atoms with Crippen LogP contribution >= 0.6 is 11.6 Å². The number of halogens is 1. The molecule has 3 heterocycles. The van der Waals surface area contributed by atoms with Crippen LogP contribution in [0.2, 0.25) is 5.02 Å². The van der Waals surface area contributed by atoms with Crippen LogP contribution in [0.1, 0.15) is 16.9 Å². The average Bonchev–Trinajstić information content (AvgIpc) is 3.34. The number of rotatable bonds is 3. The monoisotopic (exact) mass is 343 g/mol. The maximum absolute atomic E-state index is 12.9. The molecule has 0 bridgehead atoms. The minimum absolute atomic E-state index is 0.0467. The van der Waals surface area contributed by atoms with E-state index in [0.717, 1.165) is 32.6 Å². The third-order valence-electron chi connectivity index (χ3n) is 4.66. The maximum atomic E-state index is 12.9. The molecule has 1 aromatic heterocycles. The number of carbonyl (C=O) groups is 1. The van der Waals surface area contributed by atoms with Crippen molar-refractivity contribution >= 4 is 17.5 Å². The lowest BCUT2D eigenvalue weighted by atomic mass is 10.2. The SMILES string of the molecule is O=C(c1cnnn1-c1ccccc1Cl)N1CCC(N2CC=CC2)C1. The van der Waals surface area contributed by atoms with Crippen LogP contribution in [-0.2, 0) is 0 Å². The number of likely N-dealkylation sites (tertiary alicyclic amines) is 1. The van der Waals surface area contributed by atoms with E-state index >= 15 is 0 Å². The molecule has 6 nitrogen and oxygen atoms in total. The molecule has 1 saturated heterocycles. The van der Waals surface area contributed by atoms with Gasteiger partial charge < -0.3 is 4.90 Å². The van der Waals surface area contributed by atoms with Gasteiger partial charge in [0.1, 0.15) is 0 Å². The molecule has 0 radical (unpaired) electrons. The van der Waals surface area contributed by atoms with Crippen LogP contribution in [0.25, 0.3) is 5.69 Å². The molecule has 0 aliphatic carbocycles. The fourth-order valence-electron chi connectivity index (χ4n) is 3.36. The van der Waals surface area contributed by atoms with Crippen molar-refractivity contribution in [2.45, 2.75) is 12.5 Å². The van der Waals surface area contributed by atoms with Gasteiger partial charge in [0.25, 0.3) is 5.91 Å². The predicted octanol–water partition coefficient (Wildman–Crippen LogP) is 2.01. The highest BCUT2D eigenvalue weighted by Crippen LogP contribution is 2.23. The third-order valence-corrected chi connectivity index (χ3v) is 4.98. The Morgan fingerprint density at radius 2 is 2.00 bits per heavy atom. The summed E-state index contributed by atoms with van der Waals surface area (Å²) in [5.41, 5.74) is 1.11. The Morgan fingerprint density at radius 1 is 1.21 bits per heavy atom. The first-order chi connectivity index (χ1) is 11.7. The molecule has 124 valence electrons. The van der Waals surface area contributed by atoms with Gasteiger partial charge in [0.05, 0.1) is 16.9 Å². The van der Waals surface area contributed by atoms with E-state index in [-0.39, 0.29) is 5.91 Å². The second kappa shape index (κ2) is 6.37. The van der Waals surface area contributed by atoms with Gasteiger partial charge in [-0.25, -0.2) is 4.68 Å². The second-order valence-corrected chi connectivity index (χ2v) is 6.51. The Balaban J connectivity index is 1.54. The van der Waals surface area contributed by atoms with Gasteiger partial charge in [-0.05, 0) is 18.6 Å². The number of nitrogens with zero attached hydrogens (tertiary/aromatic N) is 5. The molecule has 0 saturated carbocycles. The lowest BCUT2D eigenvalue weighted by Crippen LogP contribution is -2.37. The van der Waals surface area contributed by atoms with E-state index in [9.17, 15) is 4.79 Å². The molecule has 2 aliphatic heterocycles. The molecule has 1 unspecified atom stereocenters. The zero-order chi connectivity index (χ0) is 16.5. The summed E-state index contributed by atoms with van der Waals surface area (Å²) in [6, 6.07) is 7.74. The first-order valence-electron chi connectivity index (χ1n) is 8.08. The van der Waals surface area contributed by atoms with Crippen molar-refractivity contribution in [1.82, 2.24) is 24.8 Å². The van der Waals surface area contributed by atoms with Crippen LogP contribution in [0.3, 0.4) is 0 Å². The van der Waals surface area contributed by atoms with Crippen molar-refractivity contribution in [1.29, 1.82) is 0 Å². The smallest absolute Gasteiger partial charge is 0.274 e. The van der Waals surface area contributed by atoms with Crippen LogP contribution < -0.4 is 0 Å². The Bertz CT molecular complexity index is 779. The van der Waals surface area contributed by atoms with Crippen molar-refractivity contribution < 1.29 is 4.79 Å². The minimum Gasteiger partial charge on any atom is -0.336 e. The van der Waals surface area contributed by atoms with E-state index in [2.05, 4.69) is 27.4 Å². The average molecular weight is 344 g/mol. The van der Waals surface area contributed by atoms with Crippen LogP contribution in [0.4, 0.5) is 0 Å². The third kappa shape index (κ3) is 2.72. The normalized spacial score (nSPS) is 20.9. The lowest BCUT2D eigenvalue weighted by molar-refractivity contribution is 0.0771. The van der Waals surface area contributed by atoms with E-state index in [1.54, 1.807) is 6.07 Å². The minimum atomic E-state index is -0.0467. The van der Waals surface area contributed by atoms with Gasteiger partial charge in [-0.15, -0.1) is 5.10 Å². The highest BCUT2D eigenvalue weighted by molar-refractivity contribution is 6.32. The predicted molar refractivity (Wildman–Crippen MR) is 91.4 cm³/mol. The maximum Gasteiger partial charge on any atom is 0.274 e. The van der Waals surface area contributed by atoms with Gasteiger partial charge in [-0.3, -0.25) is 9.69 Å². The molecule has 4 rings (SSSR count). The molecule has 0 N–H and O–H groups in total. The van der Waals surface area contributed by atoms with Gasteiger partial charge in [0.2, 0.25) is 0 Å². The van der Waals surface area contributed by atoms with Gasteiger partial charge in [0, 0.05) is 32.2 Å². The summed E-state index contributed by atoms with van der Waals surface area (Å²) >= 11 is 6.23. The standard InChI is InChI=1S/C17H18ClN5O/c18-14-5-1-2-6-15(14)23-16(11-19-20-23)17(24)22-10-7-13(12-22)21-8-3-4-9-21/h1-6,11,13H,7-10,12H2. The molecule has 7 heteroatoms. The molecule has 2 aliphatic rings. The lowest BCUT2D eigenvalue weighted by Gasteiger charge is -2.23. The van der Waals surface area contributed by atoms with E-state index in [0.29, 0.717) is 22.4 Å². The topological polar surface area (TPSA) is 54.3 Å². The molecule has 2 aromatic rings. The largest absolute Gasteiger partial charge is 0.336 e. The fourth-order valence-corrected chi connectivity index (χ4v) is 3.58. The number of amides is 1. The summed E-state index contributed by atoms with van der Waals surface area (Å²) in [6.45, 7) is 3.46. The number of para-hydroxylation sites is 1. The van der Waals surface area contributed by atoms with Gasteiger partial charge in [0.15, 0.2) is 5.69 Å². The number of aromatic nitrogens is 3. The Labute approximate surface area is 145 Å². The quantitative estimate of drug-likeness (QED) is 0.800. The summed E-state index contributed by atoms with van der Waals surface area (Å²) in [4.78, 5) is 17.2. The van der Waals surface area contributed by atoms with Crippen molar-refractivity contribution in [2.75, 3.05) is 26.2 Å². The van der Waals surface area contributed by atoms with Crippen LogP contribution in [0.5, 0.6) is 0 Å². The number of hydrogen-bond acceptors (Lipinski definition) is 4. The Hall–Kier alpha value is -2.18. The van der Waals surface area contributed by atoms with Gasteiger partial charge >= 0.3 is 0 Å². The van der Waals surface area contributed by atoms with Crippen molar-refractivity contribution in [3.63, 3.8) is 0 Å². The molecule has 1 amide bonds. The van der Waals surface area contributed by atoms with Gasteiger partial charge in [-0.1, -0.05) is 41.1 Å². The van der Waals surface area contributed by atoms with Crippen LogP contribution in [0.15, 0.2) is 42.6 Å². The fraction of sp³-hybridized carbons (Fsp3) is 0.353. The van der Waals surface area contributed by atoms with Gasteiger partial charge in [-0.2, -0.15) is 0 Å². The molecule has 24 heavy (non-hydrogen) atoms. The van der Waals surface area contributed by atoms with E-state index in [1.165, 1.54) is 10.9 Å². The Kier molecular flexibility index (Phi) is 4.08. The molecule has 0 spiro atoms. The Morgan fingerprint density at radius 3 is 2.79 bits per heavy atom. The first-order valence-corrected chi connectivity index (χ1v) is 8.46. The summed E-state index contributed by atoms with van der Waals surface area (Å²) in [6.07, 6.45) is 6.87. The highest BCUT2D eigenvalue weighted by Gasteiger charge is 2.32. The molecular formula is C17H18ClN5O. The van der Waals surface area contributed by atoms with Crippen LogP contribution in [0, 0.1) is 0 Å². The summed E-state index contributed by atoms with van der Waals surface area (Å²) < 4.78 is 1.52. The summed E-state index contributed by atoms with van der Waals surface area (Å²) in [7, 11) is 0. The van der Waals surface area contributed by atoms with Crippen molar-refractivity contribution in [3.8, 4) is 5.69 Å². The van der Waals surface area contributed by atoms with E-state index in [1.807, 2.05) is 23.1 Å². The molecular weight excluding hydrogens is 326 g/mol. The first kappa shape index (κ1) is 15.4. The zero-order valence-corrected chi connectivity index (χ0v) is 13.9. The summed E-state index contributed by atoms with van der Waals surface area (Å²) in [5.74, 6) is -0.0467. The molecule has 1 fully saturated rings. The van der Waals surface area contributed by atoms with Crippen molar-refractivity contribution in [3.05, 3.63) is 53.3 Å². The number of carbonyl (C=O) groups excluding carboxylic acids is 1. The van der Waals surface area contributed by atoms with E-state index in [4.69, 9.17) is 11.6 Å². The molecule has 1 aromatic carbocycles. The second-order valence-electron chi connectivity index (χ2n) is 6.10. The number of hydrogen-bond donors (Lipinski definition) is 0. The van der Waals surface area contributed by atoms with E-state index < -0.39 is 0 Å². The van der Waals surface area contributed by atoms with Crippen molar-refractivity contribution in [2.24, 2.45) is 0 Å². The highest BCUT2D eigenvalue weighted by atomic mass is 35.5.